The van der Waals surface area contributed by atoms with E-state index in [9.17, 15) is 9.59 Å². The molecule has 0 atom stereocenters. The van der Waals surface area contributed by atoms with Crippen molar-refractivity contribution in [3.8, 4) is 0 Å². The largest absolute Gasteiger partial charge is 0.452 e. The lowest BCUT2D eigenvalue weighted by atomic mass is 10.2. The van der Waals surface area contributed by atoms with Gasteiger partial charge < -0.3 is 10.1 Å². The first-order chi connectivity index (χ1) is 11.0. The number of pyridine rings is 1. The zero-order valence-corrected chi connectivity index (χ0v) is 14.2. The SMILES string of the molecule is CSc1ncccc1C(=O)OCC(=O)Nc1cccc(Cl)c1C. The van der Waals surface area contributed by atoms with Crippen molar-refractivity contribution in [2.45, 2.75) is 11.9 Å². The quantitative estimate of drug-likeness (QED) is 0.659. The maximum absolute atomic E-state index is 12.0. The van der Waals surface area contributed by atoms with E-state index in [0.717, 1.165) is 5.56 Å². The fraction of sp³-hybridized carbons (Fsp3) is 0.188. The third-order valence-corrected chi connectivity index (χ3v) is 4.18. The van der Waals surface area contributed by atoms with Gasteiger partial charge in [0.2, 0.25) is 0 Å². The summed E-state index contributed by atoms with van der Waals surface area (Å²) < 4.78 is 5.04. The molecule has 0 saturated heterocycles. The zero-order valence-electron chi connectivity index (χ0n) is 12.6. The summed E-state index contributed by atoms with van der Waals surface area (Å²) in [5.41, 5.74) is 1.68. The number of benzene rings is 1. The summed E-state index contributed by atoms with van der Waals surface area (Å²) in [7, 11) is 0. The Morgan fingerprint density at radius 3 is 2.83 bits per heavy atom. The lowest BCUT2D eigenvalue weighted by Crippen LogP contribution is -2.21. The first kappa shape index (κ1) is 17.3. The van der Waals surface area contributed by atoms with Gasteiger partial charge in [0.05, 0.1) is 5.56 Å². The van der Waals surface area contributed by atoms with Crippen LogP contribution in [0, 0.1) is 6.92 Å². The minimum Gasteiger partial charge on any atom is -0.452 e. The Labute approximate surface area is 143 Å². The maximum atomic E-state index is 12.0. The van der Waals surface area contributed by atoms with Crippen LogP contribution in [0.1, 0.15) is 15.9 Å². The van der Waals surface area contributed by atoms with E-state index in [2.05, 4.69) is 10.3 Å². The van der Waals surface area contributed by atoms with E-state index in [4.69, 9.17) is 16.3 Å². The number of hydrogen-bond donors (Lipinski definition) is 1. The number of aromatic nitrogens is 1. The van der Waals surface area contributed by atoms with Gasteiger partial charge in [-0.05, 0) is 43.0 Å². The van der Waals surface area contributed by atoms with Crippen LogP contribution in [0.3, 0.4) is 0 Å². The molecular weight excluding hydrogens is 336 g/mol. The minimum atomic E-state index is -0.583. The Kier molecular flexibility index (Phi) is 6.01. The summed E-state index contributed by atoms with van der Waals surface area (Å²) in [5.74, 6) is -1.02. The topological polar surface area (TPSA) is 68.3 Å². The fourth-order valence-electron chi connectivity index (χ4n) is 1.85. The van der Waals surface area contributed by atoms with E-state index in [0.29, 0.717) is 21.3 Å². The number of hydrogen-bond acceptors (Lipinski definition) is 5. The van der Waals surface area contributed by atoms with E-state index in [1.807, 2.05) is 6.26 Å². The molecule has 1 N–H and O–H groups in total. The zero-order chi connectivity index (χ0) is 16.8. The number of carbonyl (C=O) groups excluding carboxylic acids is 2. The molecule has 1 amide bonds. The van der Waals surface area contributed by atoms with E-state index in [1.165, 1.54) is 11.8 Å². The lowest BCUT2D eigenvalue weighted by molar-refractivity contribution is -0.119. The molecule has 0 aliphatic carbocycles. The van der Waals surface area contributed by atoms with E-state index < -0.39 is 11.9 Å². The molecule has 7 heteroatoms. The second kappa shape index (κ2) is 7.99. The Morgan fingerprint density at radius 1 is 1.30 bits per heavy atom. The summed E-state index contributed by atoms with van der Waals surface area (Å²) in [6.45, 7) is 1.41. The summed E-state index contributed by atoms with van der Waals surface area (Å²) in [5, 5.41) is 3.78. The Morgan fingerprint density at radius 2 is 2.09 bits per heavy atom. The predicted molar refractivity (Wildman–Crippen MR) is 91.1 cm³/mol. The first-order valence-electron chi connectivity index (χ1n) is 6.74. The molecule has 0 saturated carbocycles. The van der Waals surface area contributed by atoms with Crippen LogP contribution in [0.4, 0.5) is 5.69 Å². The monoisotopic (exact) mass is 350 g/mol. The number of nitrogens with one attached hydrogen (secondary N) is 1. The van der Waals surface area contributed by atoms with Crippen molar-refractivity contribution in [1.29, 1.82) is 0 Å². The van der Waals surface area contributed by atoms with Gasteiger partial charge in [-0.25, -0.2) is 9.78 Å². The Balaban J connectivity index is 1.96. The third kappa shape index (κ3) is 4.46. The van der Waals surface area contributed by atoms with Crippen LogP contribution in [-0.2, 0) is 9.53 Å². The van der Waals surface area contributed by atoms with Gasteiger partial charge >= 0.3 is 5.97 Å². The molecule has 5 nitrogen and oxygen atoms in total. The van der Waals surface area contributed by atoms with Gasteiger partial charge in [-0.15, -0.1) is 11.8 Å². The standard InChI is InChI=1S/C16H15ClN2O3S/c1-10-12(17)6-3-7-13(10)19-14(20)9-22-16(21)11-5-4-8-18-15(11)23-2/h3-8H,9H2,1-2H3,(H,19,20). The number of halogens is 1. The second-order valence-electron chi connectivity index (χ2n) is 4.60. The molecule has 0 aliphatic rings. The molecule has 0 spiro atoms. The highest BCUT2D eigenvalue weighted by Gasteiger charge is 2.15. The first-order valence-corrected chi connectivity index (χ1v) is 8.34. The number of esters is 1. The van der Waals surface area contributed by atoms with E-state index in [-0.39, 0.29) is 6.61 Å². The molecule has 0 radical (unpaired) electrons. The van der Waals surface area contributed by atoms with Crippen molar-refractivity contribution in [3.63, 3.8) is 0 Å². The molecule has 0 fully saturated rings. The van der Waals surface area contributed by atoms with Crippen LogP contribution >= 0.6 is 23.4 Å². The number of carbonyl (C=O) groups is 2. The van der Waals surface area contributed by atoms with Gasteiger partial charge in [0, 0.05) is 16.9 Å². The molecule has 0 bridgehead atoms. The van der Waals surface area contributed by atoms with Crippen LogP contribution < -0.4 is 5.32 Å². The highest BCUT2D eigenvalue weighted by atomic mass is 35.5. The van der Waals surface area contributed by atoms with Crippen LogP contribution in [0.2, 0.25) is 5.02 Å². The van der Waals surface area contributed by atoms with Crippen molar-refractivity contribution in [3.05, 3.63) is 52.7 Å². The smallest absolute Gasteiger partial charge is 0.341 e. The minimum absolute atomic E-state index is 0.340. The number of thioether (sulfide) groups is 1. The van der Waals surface area contributed by atoms with Crippen molar-refractivity contribution in [2.75, 3.05) is 18.2 Å². The van der Waals surface area contributed by atoms with Gasteiger partial charge in [0.15, 0.2) is 6.61 Å². The Bertz CT molecular complexity index is 737. The normalized spacial score (nSPS) is 10.2. The molecule has 23 heavy (non-hydrogen) atoms. The number of nitrogens with zero attached hydrogens (tertiary/aromatic N) is 1. The molecule has 0 unspecified atom stereocenters. The number of rotatable bonds is 5. The van der Waals surface area contributed by atoms with Crippen LogP contribution in [0.15, 0.2) is 41.6 Å². The average Bonchev–Trinajstić information content (AvgIpc) is 2.56. The van der Waals surface area contributed by atoms with Crippen LogP contribution in [0.5, 0.6) is 0 Å². The average molecular weight is 351 g/mol. The summed E-state index contributed by atoms with van der Waals surface area (Å²) in [6, 6.07) is 8.45. The molecule has 1 aromatic heterocycles. The van der Waals surface area contributed by atoms with Crippen LogP contribution in [0.25, 0.3) is 0 Å². The van der Waals surface area contributed by atoms with Crippen molar-refractivity contribution in [2.24, 2.45) is 0 Å². The van der Waals surface area contributed by atoms with Gasteiger partial charge in [0.25, 0.3) is 5.91 Å². The van der Waals surface area contributed by atoms with Gasteiger partial charge in [-0.2, -0.15) is 0 Å². The number of anilines is 1. The molecule has 2 aromatic rings. The van der Waals surface area contributed by atoms with E-state index >= 15 is 0 Å². The molecule has 120 valence electrons. The number of amides is 1. The van der Waals surface area contributed by atoms with Crippen LogP contribution in [-0.4, -0.2) is 29.7 Å². The second-order valence-corrected chi connectivity index (χ2v) is 5.80. The lowest BCUT2D eigenvalue weighted by Gasteiger charge is -2.10. The van der Waals surface area contributed by atoms with Gasteiger partial charge in [-0.1, -0.05) is 17.7 Å². The molecule has 0 aliphatic heterocycles. The highest BCUT2D eigenvalue weighted by Crippen LogP contribution is 2.23. The van der Waals surface area contributed by atoms with Gasteiger partial charge in [-0.3, -0.25) is 4.79 Å². The Hall–Kier alpha value is -2.05. The molecule has 1 aromatic carbocycles. The molecule has 1 heterocycles. The summed E-state index contributed by atoms with van der Waals surface area (Å²) in [6.07, 6.45) is 3.41. The van der Waals surface area contributed by atoms with E-state index in [1.54, 1.807) is 43.5 Å². The fourth-order valence-corrected chi connectivity index (χ4v) is 2.56. The van der Waals surface area contributed by atoms with Crippen molar-refractivity contribution < 1.29 is 14.3 Å². The molecular formula is C16H15ClN2O3S. The maximum Gasteiger partial charge on any atom is 0.341 e. The van der Waals surface area contributed by atoms with Crippen molar-refractivity contribution >= 4 is 40.9 Å². The molecule has 2 rings (SSSR count). The summed E-state index contributed by atoms with van der Waals surface area (Å²) in [4.78, 5) is 28.0. The predicted octanol–water partition coefficient (Wildman–Crippen LogP) is 3.56. The highest BCUT2D eigenvalue weighted by molar-refractivity contribution is 7.98. The third-order valence-electron chi connectivity index (χ3n) is 3.06. The van der Waals surface area contributed by atoms with Crippen molar-refractivity contribution in [1.82, 2.24) is 4.98 Å². The number of ether oxygens (including phenoxy) is 1. The summed E-state index contributed by atoms with van der Waals surface area (Å²) >= 11 is 7.33. The van der Waals surface area contributed by atoms with Gasteiger partial charge in [0.1, 0.15) is 5.03 Å².